The Morgan fingerprint density at radius 3 is 2.79 bits per heavy atom. The number of nitrogens with one attached hydrogen (secondary N) is 2. The third kappa shape index (κ3) is 4.41. The van der Waals surface area contributed by atoms with Crippen LogP contribution in [0.1, 0.15) is 31.4 Å². The second kappa shape index (κ2) is 8.11. The van der Waals surface area contributed by atoms with Crippen molar-refractivity contribution in [2.24, 2.45) is 0 Å². The average molecular weight is 407 g/mol. The molecule has 29 heavy (non-hydrogen) atoms. The zero-order chi connectivity index (χ0) is 20.2. The number of thiophene rings is 1. The number of hydrogen-bond acceptors (Lipinski definition) is 6. The van der Waals surface area contributed by atoms with Gasteiger partial charge in [-0.15, -0.1) is 11.3 Å². The summed E-state index contributed by atoms with van der Waals surface area (Å²) < 4.78 is 6.79. The van der Waals surface area contributed by atoms with E-state index in [1.165, 1.54) is 23.9 Å². The summed E-state index contributed by atoms with van der Waals surface area (Å²) >= 11 is 1.21. The summed E-state index contributed by atoms with van der Waals surface area (Å²) in [6.45, 7) is 2.39. The number of furan rings is 1. The van der Waals surface area contributed by atoms with Crippen LogP contribution in [-0.4, -0.2) is 26.6 Å². The molecule has 0 bridgehead atoms. The van der Waals surface area contributed by atoms with Gasteiger partial charge in [0.05, 0.1) is 22.7 Å². The number of aryl methyl sites for hydroxylation is 1. The summed E-state index contributed by atoms with van der Waals surface area (Å²) in [6, 6.07) is 12.5. The molecule has 0 saturated carbocycles. The van der Waals surface area contributed by atoms with Crippen LogP contribution in [-0.2, 0) is 6.54 Å². The van der Waals surface area contributed by atoms with Gasteiger partial charge in [-0.05, 0) is 48.4 Å². The Balaban J connectivity index is 1.45. The Bertz CT molecular complexity index is 1130. The van der Waals surface area contributed by atoms with Crippen molar-refractivity contribution in [2.45, 2.75) is 13.5 Å². The number of anilines is 2. The van der Waals surface area contributed by atoms with E-state index < -0.39 is 0 Å². The molecule has 0 spiro atoms. The van der Waals surface area contributed by atoms with Gasteiger partial charge >= 0.3 is 0 Å². The minimum Gasteiger partial charge on any atom is -0.459 e. The first-order chi connectivity index (χ1) is 14.1. The molecule has 4 aromatic rings. The third-order valence-electron chi connectivity index (χ3n) is 4.10. The normalized spacial score (nSPS) is 10.7. The quantitative estimate of drug-likeness (QED) is 0.506. The smallest absolute Gasteiger partial charge is 0.291 e. The lowest BCUT2D eigenvalue weighted by atomic mass is 10.2. The SMILES string of the molecule is Cc1cc(NC(=O)c2ccco2)sc1C(=O)Nc1cccc(Cn2cncn2)c1. The Kier molecular flexibility index (Phi) is 5.21. The second-order valence-electron chi connectivity index (χ2n) is 6.30. The topological polar surface area (TPSA) is 102 Å². The van der Waals surface area contributed by atoms with Gasteiger partial charge in [0.15, 0.2) is 5.76 Å². The van der Waals surface area contributed by atoms with Crippen LogP contribution in [0.4, 0.5) is 10.7 Å². The van der Waals surface area contributed by atoms with Crippen molar-refractivity contribution < 1.29 is 14.0 Å². The number of rotatable bonds is 6. The number of amides is 2. The van der Waals surface area contributed by atoms with Gasteiger partial charge in [-0.3, -0.25) is 9.59 Å². The van der Waals surface area contributed by atoms with Gasteiger partial charge in [-0.2, -0.15) is 5.10 Å². The monoisotopic (exact) mass is 407 g/mol. The number of hydrogen-bond donors (Lipinski definition) is 2. The van der Waals surface area contributed by atoms with Crippen LogP contribution in [0.5, 0.6) is 0 Å². The second-order valence-corrected chi connectivity index (χ2v) is 7.35. The lowest BCUT2D eigenvalue weighted by Crippen LogP contribution is -2.12. The number of nitrogens with zero attached hydrogens (tertiary/aromatic N) is 3. The highest BCUT2D eigenvalue weighted by Gasteiger charge is 2.17. The van der Waals surface area contributed by atoms with Gasteiger partial charge < -0.3 is 15.1 Å². The van der Waals surface area contributed by atoms with Gasteiger partial charge in [-0.25, -0.2) is 9.67 Å². The van der Waals surface area contributed by atoms with Crippen molar-refractivity contribution in [1.82, 2.24) is 14.8 Å². The van der Waals surface area contributed by atoms with E-state index >= 15 is 0 Å². The van der Waals surface area contributed by atoms with Gasteiger partial charge in [-0.1, -0.05) is 12.1 Å². The average Bonchev–Trinajstić information content (AvgIpc) is 3.44. The van der Waals surface area contributed by atoms with Gasteiger partial charge in [0, 0.05) is 5.69 Å². The summed E-state index contributed by atoms with van der Waals surface area (Å²) in [5.74, 6) is -0.376. The molecule has 0 radical (unpaired) electrons. The molecule has 9 heteroatoms. The van der Waals surface area contributed by atoms with Crippen molar-refractivity contribution in [3.05, 3.63) is 83.1 Å². The third-order valence-corrected chi connectivity index (χ3v) is 5.25. The van der Waals surface area contributed by atoms with Gasteiger partial charge in [0.25, 0.3) is 11.8 Å². The zero-order valence-corrected chi connectivity index (χ0v) is 16.3. The molecule has 1 aromatic carbocycles. The molecule has 0 atom stereocenters. The van der Waals surface area contributed by atoms with Crippen LogP contribution in [0.25, 0.3) is 0 Å². The first-order valence-electron chi connectivity index (χ1n) is 8.76. The van der Waals surface area contributed by atoms with Crippen LogP contribution in [0, 0.1) is 6.92 Å². The number of carbonyl (C=O) groups is 2. The molecule has 4 rings (SSSR count). The number of benzene rings is 1. The summed E-state index contributed by atoms with van der Waals surface area (Å²) in [5.41, 5.74) is 2.45. The van der Waals surface area contributed by atoms with Gasteiger partial charge in [0.1, 0.15) is 12.7 Å². The number of aromatic nitrogens is 3. The molecule has 0 aliphatic carbocycles. The Morgan fingerprint density at radius 2 is 2.03 bits per heavy atom. The molecule has 146 valence electrons. The van der Waals surface area contributed by atoms with E-state index in [0.717, 1.165) is 11.1 Å². The van der Waals surface area contributed by atoms with E-state index in [2.05, 4.69) is 20.7 Å². The summed E-state index contributed by atoms with van der Waals surface area (Å²) in [7, 11) is 0. The summed E-state index contributed by atoms with van der Waals surface area (Å²) in [4.78, 5) is 29.3. The molecule has 0 aliphatic heterocycles. The van der Waals surface area contributed by atoms with Crippen LogP contribution < -0.4 is 10.6 Å². The molecular formula is C20H17N5O3S. The Labute approximate surface area is 170 Å². The molecule has 3 heterocycles. The molecule has 0 unspecified atom stereocenters. The predicted molar refractivity (Wildman–Crippen MR) is 109 cm³/mol. The fourth-order valence-electron chi connectivity index (χ4n) is 2.79. The van der Waals surface area contributed by atoms with Crippen LogP contribution in [0.15, 0.2) is 65.8 Å². The maximum Gasteiger partial charge on any atom is 0.291 e. The maximum absolute atomic E-state index is 12.7. The fourth-order valence-corrected chi connectivity index (χ4v) is 3.75. The Hall–Kier alpha value is -3.72. The molecule has 2 N–H and O–H groups in total. The summed E-state index contributed by atoms with van der Waals surface area (Å²) in [5, 5.41) is 10.3. The highest BCUT2D eigenvalue weighted by atomic mass is 32.1. The molecule has 3 aromatic heterocycles. The lowest BCUT2D eigenvalue weighted by molar-refractivity contribution is 0.0995. The van der Waals surface area contributed by atoms with Gasteiger partial charge in [0.2, 0.25) is 0 Å². The van der Waals surface area contributed by atoms with E-state index in [9.17, 15) is 9.59 Å². The molecule has 2 amide bonds. The zero-order valence-electron chi connectivity index (χ0n) is 15.5. The van der Waals surface area contributed by atoms with E-state index in [1.54, 1.807) is 29.2 Å². The number of carbonyl (C=O) groups excluding carboxylic acids is 2. The lowest BCUT2D eigenvalue weighted by Gasteiger charge is -2.07. The predicted octanol–water partition coefficient (Wildman–Crippen LogP) is 3.79. The van der Waals surface area contributed by atoms with Crippen LogP contribution in [0.3, 0.4) is 0 Å². The first-order valence-corrected chi connectivity index (χ1v) is 9.58. The Morgan fingerprint density at radius 1 is 1.14 bits per heavy atom. The standard InChI is InChI=1S/C20H17N5O3S/c1-13-8-17(24-19(26)16-6-3-7-28-16)29-18(13)20(27)23-15-5-2-4-14(9-15)10-25-12-21-11-22-25/h2-9,11-12H,10H2,1H3,(H,23,27)(H,24,26). The molecule has 0 aliphatic rings. The fraction of sp³-hybridized carbons (Fsp3) is 0.100. The molecule has 0 fully saturated rings. The van der Waals surface area contributed by atoms with Crippen molar-refractivity contribution in [2.75, 3.05) is 10.6 Å². The van der Waals surface area contributed by atoms with E-state index in [0.29, 0.717) is 22.1 Å². The largest absolute Gasteiger partial charge is 0.459 e. The summed E-state index contributed by atoms with van der Waals surface area (Å²) in [6.07, 6.45) is 4.55. The highest BCUT2D eigenvalue weighted by molar-refractivity contribution is 7.18. The van der Waals surface area contributed by atoms with E-state index in [4.69, 9.17) is 4.42 Å². The van der Waals surface area contributed by atoms with Crippen molar-refractivity contribution in [1.29, 1.82) is 0 Å². The minimum absolute atomic E-state index is 0.214. The van der Waals surface area contributed by atoms with Crippen molar-refractivity contribution in [3.63, 3.8) is 0 Å². The van der Waals surface area contributed by atoms with E-state index in [-0.39, 0.29) is 17.6 Å². The molecule has 8 nitrogen and oxygen atoms in total. The highest BCUT2D eigenvalue weighted by Crippen LogP contribution is 2.28. The van der Waals surface area contributed by atoms with Crippen molar-refractivity contribution in [3.8, 4) is 0 Å². The molecular weight excluding hydrogens is 390 g/mol. The van der Waals surface area contributed by atoms with Crippen LogP contribution in [0.2, 0.25) is 0 Å². The maximum atomic E-state index is 12.7. The van der Waals surface area contributed by atoms with Crippen molar-refractivity contribution >= 4 is 33.8 Å². The first kappa shape index (κ1) is 18.6. The minimum atomic E-state index is -0.357. The molecule has 0 saturated heterocycles. The van der Waals surface area contributed by atoms with Crippen LogP contribution >= 0.6 is 11.3 Å². The van der Waals surface area contributed by atoms with E-state index in [1.807, 2.05) is 31.2 Å².